The standard InChI is InChI=1S/C28H20F6N4O2/c29-27(30,31)21-11-17(37)7-8-18(21)19-12-20(25(39)13-3-1-5-15(35)9-13)24(38)22(23(19)28(32,33)34)26(40)14-4-2-6-16(36)10-14/h1-12H,35-38H2. The van der Waals surface area contributed by atoms with E-state index in [-0.39, 0.29) is 28.2 Å². The maximum atomic E-state index is 14.7. The summed E-state index contributed by atoms with van der Waals surface area (Å²) in [7, 11) is 0. The molecular weight excluding hydrogens is 538 g/mol. The Labute approximate surface area is 223 Å². The van der Waals surface area contributed by atoms with Crippen molar-refractivity contribution in [3.8, 4) is 11.1 Å². The first kappa shape index (κ1) is 28.0. The van der Waals surface area contributed by atoms with Gasteiger partial charge in [-0.3, -0.25) is 9.59 Å². The minimum atomic E-state index is -5.39. The Morgan fingerprint density at radius 2 is 1.10 bits per heavy atom. The van der Waals surface area contributed by atoms with E-state index in [2.05, 4.69) is 0 Å². The second-order valence-corrected chi connectivity index (χ2v) is 8.85. The van der Waals surface area contributed by atoms with Crippen molar-refractivity contribution >= 4 is 34.3 Å². The number of ketones is 2. The molecule has 40 heavy (non-hydrogen) atoms. The number of hydrogen-bond donors (Lipinski definition) is 4. The van der Waals surface area contributed by atoms with Gasteiger partial charge in [0.25, 0.3) is 0 Å². The fraction of sp³-hybridized carbons (Fsp3) is 0.0714. The van der Waals surface area contributed by atoms with Crippen LogP contribution in [0.4, 0.5) is 49.1 Å². The van der Waals surface area contributed by atoms with E-state index in [0.29, 0.717) is 12.1 Å². The number of anilines is 4. The monoisotopic (exact) mass is 558 g/mol. The third-order valence-corrected chi connectivity index (χ3v) is 6.06. The van der Waals surface area contributed by atoms with Crippen LogP contribution in [-0.2, 0) is 12.4 Å². The van der Waals surface area contributed by atoms with Crippen LogP contribution in [0.1, 0.15) is 43.0 Å². The molecule has 4 aromatic rings. The zero-order valence-corrected chi connectivity index (χ0v) is 20.3. The molecule has 4 aromatic carbocycles. The van der Waals surface area contributed by atoms with Crippen molar-refractivity contribution in [2.75, 3.05) is 22.9 Å². The molecule has 0 saturated carbocycles. The molecule has 0 unspecified atom stereocenters. The molecule has 0 radical (unpaired) electrons. The number of benzene rings is 4. The number of carbonyl (C=O) groups excluding carboxylic acids is 2. The number of nitrogens with two attached hydrogens (primary N) is 4. The molecule has 0 aliphatic rings. The fourth-order valence-corrected chi connectivity index (χ4v) is 4.32. The van der Waals surface area contributed by atoms with E-state index < -0.39 is 63.0 Å². The first-order valence-electron chi connectivity index (χ1n) is 11.4. The molecule has 0 aliphatic heterocycles. The zero-order valence-electron chi connectivity index (χ0n) is 20.3. The van der Waals surface area contributed by atoms with Gasteiger partial charge in [-0.15, -0.1) is 0 Å². The van der Waals surface area contributed by atoms with Crippen LogP contribution in [0, 0.1) is 0 Å². The predicted molar refractivity (Wildman–Crippen MR) is 139 cm³/mol. The van der Waals surface area contributed by atoms with Crippen molar-refractivity contribution in [3.63, 3.8) is 0 Å². The SMILES string of the molecule is Nc1cccc(C(=O)c2cc(-c3ccc(N)cc3C(F)(F)F)c(C(F)(F)F)c(C(=O)c3cccc(N)c3)c2N)c1. The van der Waals surface area contributed by atoms with E-state index in [4.69, 9.17) is 22.9 Å². The first-order valence-corrected chi connectivity index (χ1v) is 11.4. The molecule has 0 atom stereocenters. The van der Waals surface area contributed by atoms with E-state index in [0.717, 1.165) is 24.3 Å². The van der Waals surface area contributed by atoms with Crippen molar-refractivity contribution in [2.24, 2.45) is 0 Å². The molecule has 0 aromatic heterocycles. The van der Waals surface area contributed by atoms with Crippen molar-refractivity contribution < 1.29 is 35.9 Å². The Morgan fingerprint density at radius 1 is 0.575 bits per heavy atom. The first-order chi connectivity index (χ1) is 18.6. The third-order valence-electron chi connectivity index (χ3n) is 6.06. The van der Waals surface area contributed by atoms with Crippen molar-refractivity contribution in [1.29, 1.82) is 0 Å². The normalized spacial score (nSPS) is 11.8. The lowest BCUT2D eigenvalue weighted by Crippen LogP contribution is -2.21. The summed E-state index contributed by atoms with van der Waals surface area (Å²) in [5.41, 5.74) is 14.3. The smallest absolute Gasteiger partial charge is 0.399 e. The Kier molecular flexibility index (Phi) is 6.97. The van der Waals surface area contributed by atoms with Crippen LogP contribution >= 0.6 is 0 Å². The minimum absolute atomic E-state index is 0.0306. The number of rotatable bonds is 5. The van der Waals surface area contributed by atoms with Crippen LogP contribution in [0.3, 0.4) is 0 Å². The number of carbonyl (C=O) groups is 2. The van der Waals surface area contributed by atoms with Crippen LogP contribution in [0.15, 0.2) is 72.8 Å². The van der Waals surface area contributed by atoms with Crippen LogP contribution in [0.2, 0.25) is 0 Å². The van der Waals surface area contributed by atoms with Gasteiger partial charge in [-0.2, -0.15) is 26.3 Å². The summed E-state index contributed by atoms with van der Waals surface area (Å²) in [6, 6.07) is 13.0. The number of hydrogen-bond acceptors (Lipinski definition) is 6. The van der Waals surface area contributed by atoms with Crippen molar-refractivity contribution in [2.45, 2.75) is 12.4 Å². The third kappa shape index (κ3) is 5.28. The number of nitrogen functional groups attached to an aromatic ring is 4. The quantitative estimate of drug-likeness (QED) is 0.131. The Morgan fingerprint density at radius 3 is 1.60 bits per heavy atom. The molecule has 0 aliphatic carbocycles. The topological polar surface area (TPSA) is 138 Å². The van der Waals surface area contributed by atoms with Gasteiger partial charge in [0.15, 0.2) is 11.6 Å². The molecule has 12 heteroatoms. The van der Waals surface area contributed by atoms with Crippen LogP contribution in [0.5, 0.6) is 0 Å². The summed E-state index contributed by atoms with van der Waals surface area (Å²) in [6.45, 7) is 0. The zero-order chi connectivity index (χ0) is 29.6. The van der Waals surface area contributed by atoms with Gasteiger partial charge in [0.1, 0.15) is 0 Å². The lowest BCUT2D eigenvalue weighted by Gasteiger charge is -2.23. The summed E-state index contributed by atoms with van der Waals surface area (Å²) in [6.07, 6.45) is -10.5. The Bertz CT molecular complexity index is 1660. The van der Waals surface area contributed by atoms with Gasteiger partial charge < -0.3 is 22.9 Å². The molecule has 0 saturated heterocycles. The minimum Gasteiger partial charge on any atom is -0.399 e. The highest BCUT2D eigenvalue weighted by atomic mass is 19.4. The van der Waals surface area contributed by atoms with Gasteiger partial charge in [0.2, 0.25) is 0 Å². The van der Waals surface area contributed by atoms with E-state index >= 15 is 0 Å². The second kappa shape index (κ2) is 9.95. The summed E-state index contributed by atoms with van der Waals surface area (Å²) in [5, 5.41) is 0. The molecule has 6 nitrogen and oxygen atoms in total. The Balaban J connectivity index is 2.18. The van der Waals surface area contributed by atoms with E-state index in [9.17, 15) is 35.9 Å². The largest absolute Gasteiger partial charge is 0.417 e. The van der Waals surface area contributed by atoms with Crippen LogP contribution < -0.4 is 22.9 Å². The van der Waals surface area contributed by atoms with Crippen LogP contribution in [-0.4, -0.2) is 11.6 Å². The summed E-state index contributed by atoms with van der Waals surface area (Å²) in [5.74, 6) is -2.27. The molecule has 4 rings (SSSR count). The van der Waals surface area contributed by atoms with Crippen molar-refractivity contribution in [3.05, 3.63) is 106 Å². The number of alkyl halides is 6. The van der Waals surface area contributed by atoms with Gasteiger partial charge in [-0.05, 0) is 53.6 Å². The molecule has 0 heterocycles. The van der Waals surface area contributed by atoms with Gasteiger partial charge >= 0.3 is 12.4 Å². The summed E-state index contributed by atoms with van der Waals surface area (Å²) in [4.78, 5) is 27.0. The highest BCUT2D eigenvalue weighted by molar-refractivity contribution is 6.20. The van der Waals surface area contributed by atoms with Gasteiger partial charge in [0.05, 0.1) is 22.4 Å². The lowest BCUT2D eigenvalue weighted by molar-refractivity contribution is -0.139. The van der Waals surface area contributed by atoms with E-state index in [1.165, 1.54) is 36.4 Å². The summed E-state index contributed by atoms with van der Waals surface area (Å²) < 4.78 is 86.2. The molecule has 0 bridgehead atoms. The van der Waals surface area contributed by atoms with Gasteiger partial charge in [-0.1, -0.05) is 30.3 Å². The lowest BCUT2D eigenvalue weighted by atomic mass is 9.84. The molecule has 0 amide bonds. The maximum Gasteiger partial charge on any atom is 0.417 e. The number of halogens is 6. The predicted octanol–water partition coefficient (Wildman–Crippen LogP) is 6.18. The highest BCUT2D eigenvalue weighted by Crippen LogP contribution is 2.47. The molecular formula is C28H20F6N4O2. The second-order valence-electron chi connectivity index (χ2n) is 8.85. The average molecular weight is 558 g/mol. The highest BCUT2D eigenvalue weighted by Gasteiger charge is 2.43. The van der Waals surface area contributed by atoms with Crippen molar-refractivity contribution in [1.82, 2.24) is 0 Å². The maximum absolute atomic E-state index is 14.7. The Hall–Kier alpha value is -5.00. The van der Waals surface area contributed by atoms with E-state index in [1.54, 1.807) is 0 Å². The average Bonchev–Trinajstić information content (AvgIpc) is 2.86. The molecule has 0 spiro atoms. The van der Waals surface area contributed by atoms with Gasteiger partial charge in [0, 0.05) is 33.8 Å². The van der Waals surface area contributed by atoms with Gasteiger partial charge in [-0.25, -0.2) is 0 Å². The summed E-state index contributed by atoms with van der Waals surface area (Å²) >= 11 is 0. The molecule has 8 N–H and O–H groups in total. The fourth-order valence-electron chi connectivity index (χ4n) is 4.32. The van der Waals surface area contributed by atoms with Crippen LogP contribution in [0.25, 0.3) is 11.1 Å². The molecule has 206 valence electrons. The van der Waals surface area contributed by atoms with E-state index in [1.807, 2.05) is 0 Å². The molecule has 0 fully saturated rings.